The van der Waals surface area contributed by atoms with E-state index in [9.17, 15) is 28.8 Å². The first kappa shape index (κ1) is 52.9. The monoisotopic (exact) mass is 1030 g/mol. The molecule has 0 radical (unpaired) electrons. The number of methoxy groups -OCH3 is 1. The summed E-state index contributed by atoms with van der Waals surface area (Å²) in [5.41, 5.74) is -5.50. The van der Waals surface area contributed by atoms with Crippen molar-refractivity contribution >= 4 is 35.8 Å². The van der Waals surface area contributed by atoms with Crippen LogP contribution in [0.4, 0.5) is 0 Å². The van der Waals surface area contributed by atoms with Gasteiger partial charge < -0.3 is 66.3 Å². The Hall–Kier alpha value is -3.50. The van der Waals surface area contributed by atoms with Crippen LogP contribution in [0.15, 0.2) is 0 Å². The first-order chi connectivity index (χ1) is 34.5. The normalized spacial score (nSPS) is 49.9. The Morgan fingerprint density at radius 1 is 0.507 bits per heavy atom. The van der Waals surface area contributed by atoms with Crippen molar-refractivity contribution in [3.63, 3.8) is 0 Å². The lowest BCUT2D eigenvalue weighted by atomic mass is 9.41. The van der Waals surface area contributed by atoms with Gasteiger partial charge in [0.2, 0.25) is 0 Å². The number of hydrogen-bond donors (Lipinski definition) is 0. The molecule has 408 valence electrons. The third-order valence-electron chi connectivity index (χ3n) is 20.3. The molecule has 4 aliphatic carbocycles. The van der Waals surface area contributed by atoms with Crippen molar-refractivity contribution in [3.8, 4) is 0 Å². The van der Waals surface area contributed by atoms with Gasteiger partial charge in [0.15, 0.2) is 25.2 Å². The Morgan fingerprint density at radius 3 is 1.41 bits per heavy atom. The topological polar surface area (TPSA) is 238 Å². The van der Waals surface area contributed by atoms with Crippen molar-refractivity contribution in [2.75, 3.05) is 33.5 Å². The predicted molar refractivity (Wildman–Crippen MR) is 247 cm³/mol. The van der Waals surface area contributed by atoms with Crippen LogP contribution in [0.1, 0.15) is 127 Å². The van der Waals surface area contributed by atoms with Gasteiger partial charge in [0.25, 0.3) is 0 Å². The van der Waals surface area contributed by atoms with Gasteiger partial charge in [0.05, 0.1) is 42.4 Å². The van der Waals surface area contributed by atoms with Crippen LogP contribution in [0.2, 0.25) is 0 Å². The summed E-state index contributed by atoms with van der Waals surface area (Å²) in [7, 11) is 1.62. The maximum atomic E-state index is 12.9. The minimum absolute atomic E-state index is 0.00171. The van der Waals surface area contributed by atoms with E-state index in [4.69, 9.17) is 66.3 Å². The van der Waals surface area contributed by atoms with Gasteiger partial charge in [-0.3, -0.25) is 28.8 Å². The van der Waals surface area contributed by atoms with Crippen molar-refractivity contribution in [1.82, 2.24) is 0 Å². The fourth-order valence-electron chi connectivity index (χ4n) is 16.9. The van der Waals surface area contributed by atoms with Gasteiger partial charge in [-0.25, -0.2) is 0 Å². The highest BCUT2D eigenvalue weighted by Crippen LogP contribution is 2.73. The number of esters is 6. The molecule has 6 heterocycles. The van der Waals surface area contributed by atoms with Crippen LogP contribution >= 0.6 is 0 Å². The molecule has 23 unspecified atom stereocenters. The largest absolute Gasteiger partial charge is 0.465 e. The summed E-state index contributed by atoms with van der Waals surface area (Å²) in [6, 6.07) is 0. The summed E-state index contributed by atoms with van der Waals surface area (Å²) in [6.45, 7) is 17.1. The van der Waals surface area contributed by atoms with E-state index < -0.39 is 130 Å². The zero-order chi connectivity index (χ0) is 52.4. The van der Waals surface area contributed by atoms with E-state index in [1.54, 1.807) is 7.11 Å². The SMILES string of the molecule is COC1CC(OC(C)=O)C2(CO2)C2(COC(C)=O)C(OC(C)=O)CC(C)C(C)(C3CC4CC(OC5CC6CC(C7(C)C(C)CC(OC(C)=O)C8(COC(C)=O)C7CCC(OC(C)=O)C87CO7)OC6O5)OC4O3)C12. The lowest BCUT2D eigenvalue weighted by molar-refractivity contribution is -0.311. The average Bonchev–Trinajstić information content (AvgIpc) is 4.09. The van der Waals surface area contributed by atoms with Gasteiger partial charge in [-0.05, 0) is 56.3 Å². The summed E-state index contributed by atoms with van der Waals surface area (Å²) in [4.78, 5) is 75.9. The fraction of sp³-hybridized carbons (Fsp3) is 0.887. The quantitative estimate of drug-likeness (QED) is 0.136. The molecule has 4 saturated carbocycles. The molecule has 10 aliphatic rings. The lowest BCUT2D eigenvalue weighted by Gasteiger charge is -2.66. The number of hydrogen-bond acceptors (Lipinski definition) is 20. The maximum Gasteiger partial charge on any atom is 0.303 e. The highest BCUT2D eigenvalue weighted by molar-refractivity contribution is 5.69. The zero-order valence-corrected chi connectivity index (χ0v) is 44.2. The molecule has 6 aliphatic heterocycles. The van der Waals surface area contributed by atoms with Gasteiger partial charge in [0.1, 0.15) is 48.8 Å². The molecular weight excluding hydrogens is 957 g/mol. The van der Waals surface area contributed by atoms with Gasteiger partial charge in [0, 0.05) is 96.5 Å². The van der Waals surface area contributed by atoms with Crippen molar-refractivity contribution in [1.29, 1.82) is 0 Å². The molecule has 0 aromatic carbocycles. The second-order valence-corrected chi connectivity index (χ2v) is 23.7. The van der Waals surface area contributed by atoms with Gasteiger partial charge in [-0.2, -0.15) is 0 Å². The van der Waals surface area contributed by atoms with Gasteiger partial charge in [-0.15, -0.1) is 0 Å². The molecule has 6 saturated heterocycles. The molecule has 0 aromatic rings. The summed E-state index contributed by atoms with van der Waals surface area (Å²) in [6.07, 6.45) is -1.53. The maximum absolute atomic E-state index is 12.9. The zero-order valence-electron chi connectivity index (χ0n) is 44.2. The van der Waals surface area contributed by atoms with Crippen LogP contribution < -0.4 is 0 Å². The Labute approximate surface area is 426 Å². The van der Waals surface area contributed by atoms with Crippen LogP contribution in [-0.2, 0) is 95.1 Å². The number of fused-ring (bicyclic) bond motifs is 6. The molecule has 0 bridgehead atoms. The summed E-state index contributed by atoms with van der Waals surface area (Å²) >= 11 is 0. The Kier molecular flexibility index (Phi) is 13.7. The first-order valence-electron chi connectivity index (χ1n) is 26.5. The van der Waals surface area contributed by atoms with Crippen LogP contribution in [0.25, 0.3) is 0 Å². The van der Waals surface area contributed by atoms with Gasteiger partial charge >= 0.3 is 35.8 Å². The standard InChI is InChI=1S/C53H76O20/c1-25-14-40(66-30(6)57)50(21-61-27(3)54)36(12-13-37(65-29(5)56)52(50)23-63-52)48(25,9)38-16-33-18-43(72-46(33)69-38)71-44-19-34-17-39(70-47(34)73-44)49(10)26(2)15-41(67-31(7)58)51(22-62-28(4)55)45(49)35(60-11)20-42(68-32(8)59)53(51)24-64-53/h25-26,33-47H,12-24H2,1-11H3. The minimum atomic E-state index is -1.17. The van der Waals surface area contributed by atoms with Crippen molar-refractivity contribution in [2.24, 2.45) is 57.2 Å². The van der Waals surface area contributed by atoms with Gasteiger partial charge in [-0.1, -0.05) is 27.7 Å². The number of rotatable bonds is 13. The highest BCUT2D eigenvalue weighted by atomic mass is 16.8. The third-order valence-corrected chi connectivity index (χ3v) is 20.3. The number of ether oxygens (including phenoxy) is 14. The number of epoxide rings is 2. The van der Waals surface area contributed by atoms with Crippen LogP contribution in [0.3, 0.4) is 0 Å². The molecule has 73 heavy (non-hydrogen) atoms. The smallest absolute Gasteiger partial charge is 0.303 e. The Morgan fingerprint density at radius 2 is 0.945 bits per heavy atom. The van der Waals surface area contributed by atoms with Crippen molar-refractivity contribution < 1.29 is 95.1 Å². The molecule has 0 N–H and O–H groups in total. The number of carbonyl (C=O) groups excluding carboxylic acids is 6. The molecule has 2 spiro atoms. The van der Waals surface area contributed by atoms with E-state index in [0.717, 1.165) is 0 Å². The highest BCUT2D eigenvalue weighted by Gasteiger charge is 2.83. The van der Waals surface area contributed by atoms with E-state index in [2.05, 4.69) is 27.7 Å². The van der Waals surface area contributed by atoms with Crippen LogP contribution in [0.5, 0.6) is 0 Å². The fourth-order valence-corrected chi connectivity index (χ4v) is 16.9. The van der Waals surface area contributed by atoms with Crippen molar-refractivity contribution in [3.05, 3.63) is 0 Å². The Balaban J connectivity index is 0.833. The Bertz CT molecular complexity index is 2170. The van der Waals surface area contributed by atoms with Crippen LogP contribution in [0, 0.1) is 57.2 Å². The molecule has 10 fully saturated rings. The molecule has 10 rings (SSSR count). The molecule has 20 nitrogen and oxygen atoms in total. The summed E-state index contributed by atoms with van der Waals surface area (Å²) in [5.74, 6) is -3.61. The average molecular weight is 1030 g/mol. The predicted octanol–water partition coefficient (Wildman–Crippen LogP) is 4.86. The lowest BCUT2D eigenvalue weighted by Crippen LogP contribution is -2.75. The molecule has 0 aromatic heterocycles. The summed E-state index contributed by atoms with van der Waals surface area (Å²) < 4.78 is 88.7. The number of carbonyl (C=O) groups is 6. The van der Waals surface area contributed by atoms with Crippen molar-refractivity contribution in [2.45, 2.75) is 206 Å². The van der Waals surface area contributed by atoms with E-state index >= 15 is 0 Å². The minimum Gasteiger partial charge on any atom is -0.465 e. The second-order valence-electron chi connectivity index (χ2n) is 23.7. The van der Waals surface area contributed by atoms with E-state index in [1.165, 1.54) is 41.5 Å². The molecule has 23 atom stereocenters. The van der Waals surface area contributed by atoms with E-state index in [0.29, 0.717) is 57.8 Å². The first-order valence-corrected chi connectivity index (χ1v) is 26.5. The molecular formula is C53H76O20. The molecule has 0 amide bonds. The second kappa shape index (κ2) is 18.9. The third kappa shape index (κ3) is 8.26. The van der Waals surface area contributed by atoms with E-state index in [-0.39, 0.29) is 68.2 Å². The summed E-state index contributed by atoms with van der Waals surface area (Å²) in [5, 5.41) is 0. The molecule has 20 heteroatoms. The van der Waals surface area contributed by atoms with E-state index in [1.807, 2.05) is 0 Å². The van der Waals surface area contributed by atoms with Crippen LogP contribution in [-0.4, -0.2) is 148 Å².